The summed E-state index contributed by atoms with van der Waals surface area (Å²) in [6, 6.07) is 8.70. The lowest BCUT2D eigenvalue weighted by atomic mass is 10.1. The molecule has 84 valence electrons. The molecule has 15 heavy (non-hydrogen) atoms. The van der Waals surface area contributed by atoms with Gasteiger partial charge >= 0.3 is 0 Å². The molecule has 0 heterocycles. The second-order valence-corrected chi connectivity index (χ2v) is 8.14. The predicted octanol–water partition coefficient (Wildman–Crippen LogP) is 1.88. The van der Waals surface area contributed by atoms with Gasteiger partial charge < -0.3 is 5.11 Å². The van der Waals surface area contributed by atoms with E-state index in [4.69, 9.17) is 0 Å². The fraction of sp³-hybridized carbons (Fsp3) is 0.400. The molecule has 0 aliphatic rings. The molecule has 1 aromatic carbocycles. The average molecular weight is 293 g/mol. The second-order valence-electron chi connectivity index (χ2n) is 3.57. The van der Waals surface area contributed by atoms with Crippen molar-refractivity contribution < 1.29 is 13.5 Å². The predicted molar refractivity (Wildman–Crippen MR) is 63.6 cm³/mol. The van der Waals surface area contributed by atoms with Gasteiger partial charge in [0.05, 0.1) is 0 Å². The molecule has 0 fully saturated rings. The number of rotatable bonds is 3. The fourth-order valence-corrected chi connectivity index (χ4v) is 1.94. The Labute approximate surface area is 98.2 Å². The summed E-state index contributed by atoms with van der Waals surface area (Å²) in [7, 11) is -3.38. The summed E-state index contributed by atoms with van der Waals surface area (Å²) in [4.78, 5) is 0. The number of hydrogen-bond donors (Lipinski definition) is 1. The van der Waals surface area contributed by atoms with Crippen LogP contribution in [-0.2, 0) is 9.84 Å². The van der Waals surface area contributed by atoms with Crippen molar-refractivity contribution in [3.05, 3.63) is 35.9 Å². The molecule has 1 N–H and O–H groups in total. The van der Waals surface area contributed by atoms with Crippen LogP contribution in [0.15, 0.2) is 30.3 Å². The van der Waals surface area contributed by atoms with Gasteiger partial charge in [-0.05, 0) is 12.5 Å². The molecule has 1 aromatic rings. The van der Waals surface area contributed by atoms with Crippen molar-refractivity contribution in [1.82, 2.24) is 0 Å². The van der Waals surface area contributed by atoms with Gasteiger partial charge in [0, 0.05) is 6.26 Å². The third-order valence-electron chi connectivity index (χ3n) is 2.33. The molecule has 0 spiro atoms. The van der Waals surface area contributed by atoms with E-state index in [9.17, 15) is 13.5 Å². The quantitative estimate of drug-likeness (QED) is 0.866. The topological polar surface area (TPSA) is 54.4 Å². The van der Waals surface area contributed by atoms with Crippen LogP contribution in [0.5, 0.6) is 0 Å². The average Bonchev–Trinajstić information content (AvgIpc) is 2.16. The Morgan fingerprint density at radius 2 is 1.80 bits per heavy atom. The van der Waals surface area contributed by atoms with Crippen molar-refractivity contribution in [3.8, 4) is 0 Å². The number of aliphatic hydroxyl groups is 1. The van der Waals surface area contributed by atoms with Gasteiger partial charge in [0.1, 0.15) is 6.10 Å². The Balaban J connectivity index is 3.11. The summed E-state index contributed by atoms with van der Waals surface area (Å²) >= 11 is 3.07. The van der Waals surface area contributed by atoms with Crippen molar-refractivity contribution in [2.45, 2.75) is 16.7 Å². The largest absolute Gasteiger partial charge is 0.386 e. The van der Waals surface area contributed by atoms with E-state index in [0.717, 1.165) is 6.26 Å². The number of aliphatic hydroxyl groups excluding tert-OH is 1. The maximum Gasteiger partial charge on any atom is 0.165 e. The van der Waals surface area contributed by atoms with Crippen LogP contribution in [0.2, 0.25) is 0 Å². The minimum absolute atomic E-state index is 0.572. The standard InChI is InChI=1S/C10H13BrO3S/c1-10(11,15(2,13)14)9(12)8-6-4-3-5-7-8/h3-7,9,12H,1-2H3/t9-,10-/m1/s1. The highest BCUT2D eigenvalue weighted by molar-refractivity contribution is 9.11. The first-order valence-electron chi connectivity index (χ1n) is 4.38. The Morgan fingerprint density at radius 1 is 1.33 bits per heavy atom. The van der Waals surface area contributed by atoms with Crippen LogP contribution in [0, 0.1) is 0 Å². The summed E-state index contributed by atoms with van der Waals surface area (Å²) in [6.07, 6.45) is 0.00201. The van der Waals surface area contributed by atoms with Gasteiger partial charge in [-0.1, -0.05) is 46.3 Å². The Morgan fingerprint density at radius 3 is 2.20 bits per heavy atom. The number of benzene rings is 1. The molecule has 3 nitrogen and oxygen atoms in total. The van der Waals surface area contributed by atoms with Gasteiger partial charge in [-0.3, -0.25) is 0 Å². The summed E-state index contributed by atoms with van der Waals surface area (Å²) < 4.78 is 21.6. The van der Waals surface area contributed by atoms with Crippen LogP contribution in [0.1, 0.15) is 18.6 Å². The molecule has 0 saturated carbocycles. The zero-order valence-electron chi connectivity index (χ0n) is 8.51. The van der Waals surface area contributed by atoms with E-state index in [1.807, 2.05) is 6.07 Å². The molecule has 0 saturated heterocycles. The molecular formula is C10H13BrO3S. The fourth-order valence-electron chi connectivity index (χ4n) is 1.14. The third kappa shape index (κ3) is 2.59. The first kappa shape index (κ1) is 12.7. The lowest BCUT2D eigenvalue weighted by Crippen LogP contribution is -2.34. The molecule has 0 aromatic heterocycles. The zero-order chi connectivity index (χ0) is 11.7. The van der Waals surface area contributed by atoms with Gasteiger partial charge in [-0.15, -0.1) is 0 Å². The second kappa shape index (κ2) is 4.23. The van der Waals surface area contributed by atoms with Crippen molar-refractivity contribution in [3.63, 3.8) is 0 Å². The highest BCUT2D eigenvalue weighted by atomic mass is 79.9. The number of halogens is 1. The lowest BCUT2D eigenvalue weighted by molar-refractivity contribution is 0.168. The monoisotopic (exact) mass is 292 g/mol. The highest BCUT2D eigenvalue weighted by Gasteiger charge is 2.41. The summed E-state index contributed by atoms with van der Waals surface area (Å²) in [5.74, 6) is 0. The maximum absolute atomic E-state index is 11.5. The van der Waals surface area contributed by atoms with E-state index in [2.05, 4.69) is 15.9 Å². The minimum Gasteiger partial charge on any atom is -0.386 e. The highest BCUT2D eigenvalue weighted by Crippen LogP contribution is 2.37. The van der Waals surface area contributed by atoms with E-state index in [1.165, 1.54) is 6.92 Å². The van der Waals surface area contributed by atoms with Gasteiger partial charge in [0.2, 0.25) is 0 Å². The Hall–Kier alpha value is -0.390. The van der Waals surface area contributed by atoms with E-state index >= 15 is 0 Å². The molecular weight excluding hydrogens is 280 g/mol. The van der Waals surface area contributed by atoms with Crippen LogP contribution in [-0.4, -0.2) is 23.4 Å². The smallest absolute Gasteiger partial charge is 0.165 e. The van der Waals surface area contributed by atoms with Crippen LogP contribution >= 0.6 is 15.9 Å². The molecule has 0 unspecified atom stereocenters. The van der Waals surface area contributed by atoms with Crippen LogP contribution in [0.4, 0.5) is 0 Å². The molecule has 0 aliphatic carbocycles. The van der Waals surface area contributed by atoms with Crippen LogP contribution in [0.25, 0.3) is 0 Å². The Bertz CT molecular complexity index is 425. The van der Waals surface area contributed by atoms with Gasteiger partial charge in [0.15, 0.2) is 13.5 Å². The molecule has 0 radical (unpaired) electrons. The third-order valence-corrected chi connectivity index (χ3v) is 6.20. The first-order valence-corrected chi connectivity index (χ1v) is 7.07. The first-order chi connectivity index (χ1) is 6.77. The van der Waals surface area contributed by atoms with Gasteiger partial charge in [-0.2, -0.15) is 0 Å². The van der Waals surface area contributed by atoms with E-state index in [0.29, 0.717) is 5.56 Å². The molecule has 1 rings (SSSR count). The van der Waals surface area contributed by atoms with Crippen molar-refractivity contribution in [1.29, 1.82) is 0 Å². The van der Waals surface area contributed by atoms with Crippen molar-refractivity contribution >= 4 is 25.8 Å². The number of hydrogen-bond acceptors (Lipinski definition) is 3. The van der Waals surface area contributed by atoms with E-state index in [-0.39, 0.29) is 0 Å². The van der Waals surface area contributed by atoms with Crippen molar-refractivity contribution in [2.75, 3.05) is 6.26 Å². The Kier molecular flexibility index (Phi) is 3.58. The number of sulfone groups is 1. The molecule has 5 heteroatoms. The molecule has 0 aliphatic heterocycles. The van der Waals surface area contributed by atoms with Gasteiger partial charge in [0.25, 0.3) is 0 Å². The molecule has 0 bridgehead atoms. The van der Waals surface area contributed by atoms with Crippen LogP contribution in [0.3, 0.4) is 0 Å². The van der Waals surface area contributed by atoms with E-state index in [1.54, 1.807) is 24.3 Å². The van der Waals surface area contributed by atoms with Crippen LogP contribution < -0.4 is 0 Å². The SMILES string of the molecule is C[C@](Br)([C@H](O)c1ccccc1)S(C)(=O)=O. The normalized spacial score (nSPS) is 18.1. The van der Waals surface area contributed by atoms with Crippen molar-refractivity contribution in [2.24, 2.45) is 0 Å². The zero-order valence-corrected chi connectivity index (χ0v) is 10.9. The molecule has 0 amide bonds. The van der Waals surface area contributed by atoms with Gasteiger partial charge in [-0.25, -0.2) is 8.42 Å². The number of alkyl halides is 1. The molecule has 2 atom stereocenters. The summed E-state index contributed by atoms with van der Waals surface area (Å²) in [5.41, 5.74) is 0.572. The minimum atomic E-state index is -3.38. The van der Waals surface area contributed by atoms with E-state index < -0.39 is 19.6 Å². The maximum atomic E-state index is 11.5. The summed E-state index contributed by atoms with van der Waals surface area (Å²) in [5, 5.41) is 9.96. The summed E-state index contributed by atoms with van der Waals surface area (Å²) in [6.45, 7) is 1.44. The lowest BCUT2D eigenvalue weighted by Gasteiger charge is -2.26.